The largest absolute Gasteiger partial charge is 1.00 e. The first-order chi connectivity index (χ1) is 6.73. The molecule has 0 heterocycles. The van der Waals surface area contributed by atoms with Crippen LogP contribution in [0.5, 0.6) is 0 Å². The second-order valence-electron chi connectivity index (χ2n) is 2.28. The van der Waals surface area contributed by atoms with Gasteiger partial charge in [0.25, 0.3) is 0 Å². The summed E-state index contributed by atoms with van der Waals surface area (Å²) in [6.07, 6.45) is -4.66. The molecule has 2 unspecified atom stereocenters. The Kier molecular flexibility index (Phi) is 24.9. The van der Waals surface area contributed by atoms with Gasteiger partial charge in [-0.15, -0.1) is 0 Å². The number of rotatable bonds is 4. The average molecular weight is 300 g/mol. The monoisotopic (exact) mass is 300 g/mol. The number of aliphatic hydroxyl groups excluding tert-OH is 2. The predicted octanol–water partition coefficient (Wildman–Crippen LogP) is -10.3. The number of hydrogen-bond acceptors (Lipinski definition) is 7. The minimum absolute atomic E-state index is 0. The van der Waals surface area contributed by atoms with Crippen LogP contribution in [0, 0.1) is 0 Å². The molecule has 2 atom stereocenters. The standard InChI is InChI=1S/C4H6O6.C3H6O2.2K/c5-1(3(7)8)2(6)4(9)10;1-2-3(4)5;;/h1-2,5-6H,(H,7,8)(H,9,10);2H2,1H3,(H,4,5);;/q;;2*+1/p-2. The fourth-order valence-electron chi connectivity index (χ4n) is 0.258. The Morgan fingerprint density at radius 3 is 1.24 bits per heavy atom. The molecule has 0 spiro atoms. The Bertz CT molecular complexity index is 226. The molecule has 10 heteroatoms. The third-order valence-corrected chi connectivity index (χ3v) is 1.08. The van der Waals surface area contributed by atoms with Crippen LogP contribution in [0.3, 0.4) is 0 Å². The number of aliphatic carboxylic acids is 3. The molecule has 0 aromatic carbocycles. The molecule has 8 nitrogen and oxygen atoms in total. The normalized spacial score (nSPS) is 11.5. The van der Waals surface area contributed by atoms with Crippen molar-refractivity contribution in [3.8, 4) is 0 Å². The van der Waals surface area contributed by atoms with Gasteiger partial charge in [0.2, 0.25) is 0 Å². The number of carboxylic acids is 3. The second-order valence-corrected chi connectivity index (χ2v) is 2.28. The van der Waals surface area contributed by atoms with E-state index in [1.165, 1.54) is 0 Å². The minimum Gasteiger partial charge on any atom is -0.547 e. The smallest absolute Gasteiger partial charge is 0.547 e. The Balaban J connectivity index is -0.000000105. The summed E-state index contributed by atoms with van der Waals surface area (Å²) >= 11 is 0. The van der Waals surface area contributed by atoms with Gasteiger partial charge < -0.3 is 35.1 Å². The van der Waals surface area contributed by atoms with Gasteiger partial charge in [-0.3, -0.25) is 4.79 Å². The van der Waals surface area contributed by atoms with E-state index in [0.29, 0.717) is 0 Å². The SMILES string of the molecule is CCC(=O)O.O=C([O-])C(O)C(O)C(=O)[O-].[K+].[K+]. The number of carbonyl (C=O) groups excluding carboxylic acids is 2. The Labute approximate surface area is 182 Å². The van der Waals surface area contributed by atoms with Crippen LogP contribution in [-0.4, -0.2) is 45.4 Å². The van der Waals surface area contributed by atoms with Gasteiger partial charge in [-0.25, -0.2) is 0 Å². The maximum atomic E-state index is 9.63. The third kappa shape index (κ3) is 17.6. The van der Waals surface area contributed by atoms with Crippen molar-refractivity contribution in [2.75, 3.05) is 0 Å². The molecule has 0 rings (SSSR count). The van der Waals surface area contributed by atoms with Crippen molar-refractivity contribution in [3.05, 3.63) is 0 Å². The van der Waals surface area contributed by atoms with Gasteiger partial charge in [0, 0.05) is 6.42 Å². The summed E-state index contributed by atoms with van der Waals surface area (Å²) < 4.78 is 0. The zero-order valence-electron chi connectivity index (χ0n) is 9.74. The van der Waals surface area contributed by atoms with E-state index in [4.69, 9.17) is 15.3 Å². The van der Waals surface area contributed by atoms with Crippen molar-refractivity contribution in [1.82, 2.24) is 0 Å². The van der Waals surface area contributed by atoms with Crippen LogP contribution in [-0.2, 0) is 14.4 Å². The van der Waals surface area contributed by atoms with Crippen LogP contribution in [0.4, 0.5) is 0 Å². The minimum atomic E-state index is -2.44. The van der Waals surface area contributed by atoms with Crippen LogP contribution in [0.2, 0.25) is 0 Å². The first kappa shape index (κ1) is 27.0. The molecule has 0 saturated heterocycles. The van der Waals surface area contributed by atoms with E-state index in [2.05, 4.69) is 0 Å². The summed E-state index contributed by atoms with van der Waals surface area (Å²) in [5, 5.41) is 43.5. The van der Waals surface area contributed by atoms with Gasteiger partial charge >= 0.3 is 109 Å². The maximum absolute atomic E-state index is 9.63. The zero-order chi connectivity index (χ0) is 12.6. The Morgan fingerprint density at radius 1 is 1.00 bits per heavy atom. The fraction of sp³-hybridized carbons (Fsp3) is 0.571. The zero-order valence-corrected chi connectivity index (χ0v) is 16.0. The molecule has 0 saturated carbocycles. The molecule has 0 aromatic heterocycles. The number of aliphatic hydroxyl groups is 2. The third-order valence-electron chi connectivity index (χ3n) is 1.08. The van der Waals surface area contributed by atoms with Gasteiger partial charge in [0.15, 0.2) is 0 Å². The molecule has 0 aromatic rings. The van der Waals surface area contributed by atoms with Crippen LogP contribution < -0.4 is 113 Å². The first-order valence-corrected chi connectivity index (χ1v) is 3.73. The van der Waals surface area contributed by atoms with Crippen molar-refractivity contribution in [3.63, 3.8) is 0 Å². The topological polar surface area (TPSA) is 158 Å². The molecule has 0 aliphatic carbocycles. The first-order valence-electron chi connectivity index (χ1n) is 3.73. The van der Waals surface area contributed by atoms with Crippen molar-refractivity contribution in [1.29, 1.82) is 0 Å². The molecule has 3 N–H and O–H groups in total. The summed E-state index contributed by atoms with van der Waals surface area (Å²) in [5.41, 5.74) is 0. The van der Waals surface area contributed by atoms with E-state index in [0.717, 1.165) is 0 Å². The predicted molar refractivity (Wildman–Crippen MR) is 40.0 cm³/mol. The maximum Gasteiger partial charge on any atom is 1.00 e. The van der Waals surface area contributed by atoms with Gasteiger partial charge in [-0.1, -0.05) is 6.92 Å². The number of carbonyl (C=O) groups is 3. The molecule has 17 heavy (non-hydrogen) atoms. The van der Waals surface area contributed by atoms with Crippen LogP contribution >= 0.6 is 0 Å². The number of hydrogen-bond donors (Lipinski definition) is 3. The molecule has 0 fully saturated rings. The van der Waals surface area contributed by atoms with Gasteiger partial charge in [0.1, 0.15) is 12.2 Å². The van der Waals surface area contributed by atoms with Crippen molar-refractivity contribution < 1.29 is 143 Å². The van der Waals surface area contributed by atoms with E-state index in [9.17, 15) is 24.6 Å². The summed E-state index contributed by atoms with van der Waals surface area (Å²) in [6.45, 7) is 1.60. The second kappa shape index (κ2) is 15.7. The van der Waals surface area contributed by atoms with Crippen LogP contribution in [0.25, 0.3) is 0 Å². The molecule has 88 valence electrons. The van der Waals surface area contributed by atoms with Crippen LogP contribution in [0.15, 0.2) is 0 Å². The quantitative estimate of drug-likeness (QED) is 0.432. The van der Waals surface area contributed by atoms with E-state index in [1.807, 2.05) is 0 Å². The molecular formula is C7H10K2O8. The molecule has 0 aliphatic heterocycles. The molecular weight excluding hydrogens is 290 g/mol. The van der Waals surface area contributed by atoms with Crippen LogP contribution in [0.1, 0.15) is 13.3 Å². The fourth-order valence-corrected chi connectivity index (χ4v) is 0.258. The molecule has 0 radical (unpaired) electrons. The van der Waals surface area contributed by atoms with E-state index >= 15 is 0 Å². The summed E-state index contributed by atoms with van der Waals surface area (Å²) in [6, 6.07) is 0. The van der Waals surface area contributed by atoms with Crippen molar-refractivity contribution in [2.45, 2.75) is 25.6 Å². The van der Waals surface area contributed by atoms with E-state index in [1.54, 1.807) is 6.92 Å². The van der Waals surface area contributed by atoms with Crippen molar-refractivity contribution >= 4 is 17.9 Å². The molecule has 0 amide bonds. The number of carboxylic acid groups (broad SMARTS) is 3. The molecule has 0 aliphatic rings. The Morgan fingerprint density at radius 2 is 1.18 bits per heavy atom. The Hall–Kier alpha value is 1.60. The van der Waals surface area contributed by atoms with Gasteiger partial charge in [0.05, 0.1) is 11.9 Å². The van der Waals surface area contributed by atoms with Crippen molar-refractivity contribution in [2.24, 2.45) is 0 Å². The van der Waals surface area contributed by atoms with Gasteiger partial charge in [-0.2, -0.15) is 0 Å². The van der Waals surface area contributed by atoms with E-state index in [-0.39, 0.29) is 109 Å². The van der Waals surface area contributed by atoms with Gasteiger partial charge in [-0.05, 0) is 0 Å². The summed E-state index contributed by atoms with van der Waals surface area (Å²) in [7, 11) is 0. The average Bonchev–Trinajstić information content (AvgIpc) is 2.16. The van der Waals surface area contributed by atoms with E-state index < -0.39 is 30.1 Å². The summed E-state index contributed by atoms with van der Waals surface area (Å²) in [4.78, 5) is 28.6. The molecule has 0 bridgehead atoms. The summed E-state index contributed by atoms with van der Waals surface area (Å²) in [5.74, 6) is -4.86.